The van der Waals surface area contributed by atoms with Gasteiger partial charge in [-0.15, -0.1) is 0 Å². The van der Waals surface area contributed by atoms with Crippen molar-refractivity contribution in [2.75, 3.05) is 0 Å². The minimum Gasteiger partial charge on any atom is -0.346 e. The molecule has 2 aliphatic heterocycles. The van der Waals surface area contributed by atoms with Crippen molar-refractivity contribution in [1.29, 1.82) is 0 Å². The third kappa shape index (κ3) is 3.27. The molecule has 168 valence electrons. The number of rotatable bonds is 3. The van der Waals surface area contributed by atoms with Gasteiger partial charge in [-0.25, -0.2) is 9.97 Å². The normalized spacial score (nSPS) is 30.6. The number of hydrogen-bond donors (Lipinski definition) is 4. The smallest absolute Gasteiger partial charge is 0.131 e. The zero-order valence-electron chi connectivity index (χ0n) is 18.8. The molecule has 2 aromatic carbocycles. The molecule has 2 aliphatic carbocycles. The molecule has 6 heteroatoms. The van der Waals surface area contributed by atoms with Gasteiger partial charge in [0.05, 0.1) is 24.0 Å². The van der Waals surface area contributed by atoms with Crippen LogP contribution < -0.4 is 10.6 Å². The maximum absolute atomic E-state index is 4.70. The van der Waals surface area contributed by atoms with Crippen LogP contribution in [0.2, 0.25) is 0 Å². The first-order valence-corrected chi connectivity index (χ1v) is 12.4. The molecule has 34 heavy (non-hydrogen) atoms. The molecule has 0 radical (unpaired) electrons. The maximum atomic E-state index is 4.70. The predicted octanol–water partition coefficient (Wildman–Crippen LogP) is 4.20. The second kappa shape index (κ2) is 7.05. The van der Waals surface area contributed by atoms with Gasteiger partial charge in [0.1, 0.15) is 17.3 Å². The first-order valence-electron chi connectivity index (χ1n) is 12.4. The van der Waals surface area contributed by atoms with Gasteiger partial charge in [-0.1, -0.05) is 24.1 Å². The maximum Gasteiger partial charge on any atom is 0.131 e. The summed E-state index contributed by atoms with van der Waals surface area (Å²) in [7, 11) is 0. The molecule has 2 aromatic heterocycles. The summed E-state index contributed by atoms with van der Waals surface area (Å²) >= 11 is 0. The molecule has 0 unspecified atom stereocenters. The van der Waals surface area contributed by atoms with Crippen LogP contribution in [-0.4, -0.2) is 32.0 Å². The molecule has 4 fully saturated rings. The average molecular weight is 447 g/mol. The first-order chi connectivity index (χ1) is 16.7. The number of aromatic amines is 2. The average Bonchev–Trinajstić information content (AvgIpc) is 3.44. The van der Waals surface area contributed by atoms with Gasteiger partial charge in [0.25, 0.3) is 0 Å². The highest BCUT2D eigenvalue weighted by molar-refractivity contribution is 5.88. The Balaban J connectivity index is 1.00. The van der Waals surface area contributed by atoms with Gasteiger partial charge in [0.2, 0.25) is 0 Å². The number of fused-ring (bicyclic) bond motifs is 3. The van der Waals surface area contributed by atoms with Crippen LogP contribution >= 0.6 is 0 Å². The Kier molecular flexibility index (Phi) is 3.93. The van der Waals surface area contributed by atoms with E-state index >= 15 is 0 Å². The number of H-pyrrole nitrogens is 2. The van der Waals surface area contributed by atoms with Crippen molar-refractivity contribution in [2.24, 2.45) is 11.8 Å². The fourth-order valence-corrected chi connectivity index (χ4v) is 5.93. The highest BCUT2D eigenvalue weighted by Gasteiger charge is 2.47. The van der Waals surface area contributed by atoms with Crippen molar-refractivity contribution in [2.45, 2.75) is 49.9 Å². The van der Waals surface area contributed by atoms with Gasteiger partial charge in [0.15, 0.2) is 0 Å². The molecule has 0 bridgehead atoms. The number of hydrogen-bond acceptors (Lipinski definition) is 4. The van der Waals surface area contributed by atoms with Crippen LogP contribution in [0.5, 0.6) is 0 Å². The number of nitrogens with one attached hydrogen (secondary N) is 4. The number of piperidine rings is 2. The van der Waals surface area contributed by atoms with E-state index in [0.29, 0.717) is 18.1 Å². The van der Waals surface area contributed by atoms with Crippen molar-refractivity contribution in [1.82, 2.24) is 30.6 Å². The van der Waals surface area contributed by atoms with Gasteiger partial charge < -0.3 is 20.6 Å². The van der Waals surface area contributed by atoms with Crippen LogP contribution in [0, 0.1) is 23.7 Å². The van der Waals surface area contributed by atoms with Crippen molar-refractivity contribution in [3.8, 4) is 23.1 Å². The summed E-state index contributed by atoms with van der Waals surface area (Å²) < 4.78 is 0. The largest absolute Gasteiger partial charge is 0.346 e. The molecule has 8 rings (SSSR count). The minimum atomic E-state index is 0.361. The van der Waals surface area contributed by atoms with E-state index in [4.69, 9.17) is 4.98 Å². The third-order valence-corrected chi connectivity index (χ3v) is 8.09. The molecule has 6 atom stereocenters. The van der Waals surface area contributed by atoms with Crippen LogP contribution in [-0.2, 0) is 0 Å². The van der Waals surface area contributed by atoms with Crippen LogP contribution in [0.3, 0.4) is 0 Å². The summed E-state index contributed by atoms with van der Waals surface area (Å²) in [4.78, 5) is 16.2. The van der Waals surface area contributed by atoms with E-state index in [1.54, 1.807) is 0 Å². The quantitative estimate of drug-likeness (QED) is 0.356. The Morgan fingerprint density at radius 3 is 2.35 bits per heavy atom. The fraction of sp³-hybridized carbons (Fsp3) is 0.357. The molecular weight excluding hydrogens is 420 g/mol. The molecule has 0 amide bonds. The summed E-state index contributed by atoms with van der Waals surface area (Å²) in [6, 6.07) is 15.1. The summed E-state index contributed by atoms with van der Waals surface area (Å²) in [6.07, 6.45) is 8.94. The molecule has 6 nitrogen and oxygen atoms in total. The van der Waals surface area contributed by atoms with E-state index in [-0.39, 0.29) is 0 Å². The van der Waals surface area contributed by atoms with Gasteiger partial charge in [-0.05, 0) is 72.4 Å². The van der Waals surface area contributed by atoms with E-state index < -0.39 is 0 Å². The lowest BCUT2D eigenvalue weighted by molar-refractivity contribution is 0.543. The molecule has 2 saturated heterocycles. The lowest BCUT2D eigenvalue weighted by Gasteiger charge is -2.09. The van der Waals surface area contributed by atoms with Gasteiger partial charge in [-0.3, -0.25) is 0 Å². The van der Waals surface area contributed by atoms with Crippen LogP contribution in [0.25, 0.3) is 22.0 Å². The SMILES string of the molecule is C(#Cc1c[nH]c([C@@H]2C[C@@H]3C[C@H]3N2)n1)c1ccc2cc(-c3cnc([C@@H]4C[C@H]5C[C@H]5N4)[nH]3)ccc2c1. The molecule has 4 aromatic rings. The Labute approximate surface area is 198 Å². The second-order valence-electron chi connectivity index (χ2n) is 10.5. The van der Waals surface area contributed by atoms with Crippen molar-refractivity contribution in [3.63, 3.8) is 0 Å². The lowest BCUT2D eigenvalue weighted by Crippen LogP contribution is -2.18. The summed E-state index contributed by atoms with van der Waals surface area (Å²) in [6.45, 7) is 0. The molecule has 2 saturated carbocycles. The zero-order chi connectivity index (χ0) is 22.2. The van der Waals surface area contributed by atoms with Gasteiger partial charge in [-0.2, -0.15) is 0 Å². The van der Waals surface area contributed by atoms with Crippen molar-refractivity contribution >= 4 is 10.8 Å². The van der Waals surface area contributed by atoms with Crippen molar-refractivity contribution in [3.05, 3.63) is 71.7 Å². The van der Waals surface area contributed by atoms with Crippen LogP contribution in [0.15, 0.2) is 48.8 Å². The fourth-order valence-electron chi connectivity index (χ4n) is 5.93. The standard InChI is InChI=1S/C28H26N6/c1-3-17-8-18(26-14-30-28(34-26)25-12-20-10-23(20)33-25)5-4-16(17)7-15(1)2-6-21-13-29-27(31-21)24-11-19-9-22(19)32-24/h1,3-5,7-8,13-14,19-20,22-25,32-33H,9-12H2,(H,29,31)(H,30,34)/t19-,20+,22+,23+,24-,25-/m0/s1. The monoisotopic (exact) mass is 446 g/mol. The Morgan fingerprint density at radius 2 is 1.56 bits per heavy atom. The van der Waals surface area contributed by atoms with Gasteiger partial charge >= 0.3 is 0 Å². The van der Waals surface area contributed by atoms with E-state index in [9.17, 15) is 0 Å². The Hall–Kier alpha value is -3.40. The molecular formula is C28H26N6. The summed E-state index contributed by atoms with van der Waals surface area (Å²) in [5, 5.41) is 9.69. The minimum absolute atomic E-state index is 0.361. The molecule has 4 aliphatic rings. The van der Waals surface area contributed by atoms with Crippen molar-refractivity contribution < 1.29 is 0 Å². The highest BCUT2D eigenvalue weighted by Crippen LogP contribution is 2.46. The van der Waals surface area contributed by atoms with Crippen LogP contribution in [0.4, 0.5) is 0 Å². The molecule has 0 spiro atoms. The van der Waals surface area contributed by atoms with E-state index in [2.05, 4.69) is 73.8 Å². The van der Waals surface area contributed by atoms with Crippen LogP contribution in [0.1, 0.15) is 60.7 Å². The number of imidazole rings is 2. The Morgan fingerprint density at radius 1 is 0.794 bits per heavy atom. The van der Waals surface area contributed by atoms with E-state index in [0.717, 1.165) is 52.0 Å². The predicted molar refractivity (Wildman–Crippen MR) is 131 cm³/mol. The Bertz CT molecular complexity index is 1470. The molecule has 4 heterocycles. The number of benzene rings is 2. The second-order valence-corrected chi connectivity index (χ2v) is 10.5. The zero-order valence-corrected chi connectivity index (χ0v) is 18.8. The highest BCUT2D eigenvalue weighted by atomic mass is 15.1. The number of aromatic nitrogens is 4. The number of nitrogens with zero attached hydrogens (tertiary/aromatic N) is 2. The topological polar surface area (TPSA) is 81.4 Å². The third-order valence-electron chi connectivity index (χ3n) is 8.09. The summed E-state index contributed by atoms with van der Waals surface area (Å²) in [5.41, 5.74) is 4.04. The lowest BCUT2D eigenvalue weighted by atomic mass is 10.0. The van der Waals surface area contributed by atoms with E-state index in [1.807, 2.05) is 12.4 Å². The first kappa shape index (κ1) is 19.0. The van der Waals surface area contributed by atoms with E-state index in [1.165, 1.54) is 36.5 Å². The molecule has 4 N–H and O–H groups in total. The summed E-state index contributed by atoms with van der Waals surface area (Å²) in [5.74, 6) is 10.3. The van der Waals surface area contributed by atoms with Gasteiger partial charge in [0, 0.05) is 29.4 Å².